The van der Waals surface area contributed by atoms with Gasteiger partial charge in [0.05, 0.1) is 50.6 Å². The number of aliphatic hydroxyl groups is 1. The van der Waals surface area contributed by atoms with E-state index < -0.39 is 0 Å². The van der Waals surface area contributed by atoms with Crippen molar-refractivity contribution in [2.45, 2.75) is 52.6 Å². The quantitative estimate of drug-likeness (QED) is 0.715. The van der Waals surface area contributed by atoms with E-state index in [0.717, 1.165) is 37.4 Å². The minimum atomic E-state index is -0.327. The number of anilines is 1. The SMILES string of the molecule is CC1(C)COC(Cn2cc(-c3ncc(N4CC(C)(CO)C4)cc3OC3CC3)nn2)OC1. The second kappa shape index (κ2) is 7.72. The fourth-order valence-corrected chi connectivity index (χ4v) is 3.89. The van der Waals surface area contributed by atoms with Crippen LogP contribution < -0.4 is 9.64 Å². The van der Waals surface area contributed by atoms with Crippen molar-refractivity contribution < 1.29 is 19.3 Å². The van der Waals surface area contributed by atoms with Gasteiger partial charge in [-0.2, -0.15) is 0 Å². The Kier molecular flexibility index (Phi) is 5.15. The van der Waals surface area contributed by atoms with Crippen molar-refractivity contribution in [2.75, 3.05) is 37.8 Å². The molecule has 1 saturated carbocycles. The third kappa shape index (κ3) is 4.53. The summed E-state index contributed by atoms with van der Waals surface area (Å²) in [6, 6.07) is 2.03. The molecular weight excluding hydrogens is 398 g/mol. The van der Waals surface area contributed by atoms with Crippen molar-refractivity contribution in [1.29, 1.82) is 0 Å². The molecule has 0 amide bonds. The molecule has 9 heteroatoms. The van der Waals surface area contributed by atoms with Crippen LogP contribution in [0.2, 0.25) is 0 Å². The first kappa shape index (κ1) is 20.7. The molecule has 9 nitrogen and oxygen atoms in total. The molecule has 0 aromatic carbocycles. The Hall–Kier alpha value is -2.23. The lowest BCUT2D eigenvalue weighted by Gasteiger charge is -2.48. The Morgan fingerprint density at radius 2 is 1.94 bits per heavy atom. The summed E-state index contributed by atoms with van der Waals surface area (Å²) in [7, 11) is 0. The van der Waals surface area contributed by atoms with Crippen LogP contribution >= 0.6 is 0 Å². The smallest absolute Gasteiger partial charge is 0.177 e. The van der Waals surface area contributed by atoms with Crippen molar-refractivity contribution >= 4 is 5.69 Å². The summed E-state index contributed by atoms with van der Waals surface area (Å²) in [5.74, 6) is 0.733. The van der Waals surface area contributed by atoms with Crippen LogP contribution in [-0.2, 0) is 16.0 Å². The van der Waals surface area contributed by atoms with Gasteiger partial charge in [-0.25, -0.2) is 9.67 Å². The number of rotatable bonds is 7. The van der Waals surface area contributed by atoms with Crippen molar-refractivity contribution in [3.8, 4) is 17.1 Å². The highest BCUT2D eigenvalue weighted by atomic mass is 16.7. The summed E-state index contributed by atoms with van der Waals surface area (Å²) < 4.78 is 19.5. The summed E-state index contributed by atoms with van der Waals surface area (Å²) in [5.41, 5.74) is 2.36. The second-order valence-corrected chi connectivity index (χ2v) is 10.2. The van der Waals surface area contributed by atoms with Crippen molar-refractivity contribution in [3.63, 3.8) is 0 Å². The first-order valence-electron chi connectivity index (χ1n) is 11.0. The van der Waals surface area contributed by atoms with Gasteiger partial charge in [0.15, 0.2) is 6.29 Å². The highest BCUT2D eigenvalue weighted by molar-refractivity contribution is 5.66. The monoisotopic (exact) mass is 429 g/mol. The zero-order valence-corrected chi connectivity index (χ0v) is 18.5. The van der Waals surface area contributed by atoms with Crippen LogP contribution in [0.3, 0.4) is 0 Å². The Morgan fingerprint density at radius 1 is 1.19 bits per heavy atom. The number of nitrogens with zero attached hydrogens (tertiary/aromatic N) is 5. The Labute approximate surface area is 182 Å². The number of pyridine rings is 1. The van der Waals surface area contributed by atoms with Crippen molar-refractivity contribution in [1.82, 2.24) is 20.0 Å². The molecule has 1 N–H and O–H groups in total. The molecule has 3 aliphatic rings. The predicted octanol–water partition coefficient (Wildman–Crippen LogP) is 2.10. The zero-order valence-electron chi connectivity index (χ0n) is 18.5. The van der Waals surface area contributed by atoms with Crippen LogP contribution in [0.4, 0.5) is 5.69 Å². The number of aliphatic hydroxyl groups excluding tert-OH is 1. The van der Waals surface area contributed by atoms with Crippen LogP contribution in [0.5, 0.6) is 5.75 Å². The van der Waals surface area contributed by atoms with E-state index in [1.165, 1.54) is 0 Å². The normalized spacial score (nSPS) is 22.9. The van der Waals surface area contributed by atoms with Crippen molar-refractivity contribution in [3.05, 3.63) is 18.5 Å². The number of aromatic nitrogens is 4. The van der Waals surface area contributed by atoms with Gasteiger partial charge in [0.25, 0.3) is 0 Å². The minimum absolute atomic E-state index is 0.0375. The molecule has 5 rings (SSSR count). The predicted molar refractivity (Wildman–Crippen MR) is 114 cm³/mol. The summed E-state index contributed by atoms with van der Waals surface area (Å²) in [6.45, 7) is 9.94. The van der Waals surface area contributed by atoms with Gasteiger partial charge in [-0.05, 0) is 12.8 Å². The topological polar surface area (TPSA) is 94.8 Å². The summed E-state index contributed by atoms with van der Waals surface area (Å²) in [4.78, 5) is 6.89. The molecule has 0 atom stereocenters. The van der Waals surface area contributed by atoms with Gasteiger partial charge in [0.2, 0.25) is 0 Å². The molecule has 0 bridgehead atoms. The maximum Gasteiger partial charge on any atom is 0.177 e. The van der Waals surface area contributed by atoms with Gasteiger partial charge >= 0.3 is 0 Å². The Bertz CT molecular complexity index is 926. The van der Waals surface area contributed by atoms with Crippen LogP contribution in [0.15, 0.2) is 18.5 Å². The molecular formula is C22H31N5O4. The van der Waals surface area contributed by atoms with Gasteiger partial charge < -0.3 is 24.2 Å². The van der Waals surface area contributed by atoms with Gasteiger partial charge in [-0.1, -0.05) is 26.0 Å². The largest absolute Gasteiger partial charge is 0.488 e. The first-order valence-corrected chi connectivity index (χ1v) is 11.0. The Morgan fingerprint density at radius 3 is 2.61 bits per heavy atom. The van der Waals surface area contributed by atoms with Crippen LogP contribution in [0.1, 0.15) is 33.6 Å². The number of hydrogen-bond donors (Lipinski definition) is 1. The van der Waals surface area contributed by atoms with E-state index in [1.807, 2.05) is 18.5 Å². The number of hydrogen-bond acceptors (Lipinski definition) is 8. The first-order chi connectivity index (χ1) is 14.8. The molecule has 1 aliphatic carbocycles. The van der Waals surface area contributed by atoms with E-state index in [9.17, 15) is 5.11 Å². The molecule has 3 fully saturated rings. The third-order valence-electron chi connectivity index (χ3n) is 5.99. The molecule has 31 heavy (non-hydrogen) atoms. The molecule has 2 aliphatic heterocycles. The van der Waals surface area contributed by atoms with E-state index in [0.29, 0.717) is 31.1 Å². The van der Waals surface area contributed by atoms with E-state index in [4.69, 9.17) is 14.2 Å². The highest BCUT2D eigenvalue weighted by Crippen LogP contribution is 2.39. The van der Waals surface area contributed by atoms with Crippen LogP contribution in [-0.4, -0.2) is 70.4 Å². The molecule has 2 aromatic rings. The highest BCUT2D eigenvalue weighted by Gasteiger charge is 2.39. The van der Waals surface area contributed by atoms with E-state index in [1.54, 1.807) is 4.68 Å². The van der Waals surface area contributed by atoms with Gasteiger partial charge in [0.1, 0.15) is 17.1 Å². The zero-order chi connectivity index (χ0) is 21.6. The van der Waals surface area contributed by atoms with Crippen LogP contribution in [0.25, 0.3) is 11.4 Å². The molecule has 4 heterocycles. The fraction of sp³-hybridized carbons (Fsp3) is 0.682. The van der Waals surface area contributed by atoms with E-state index in [2.05, 4.69) is 41.0 Å². The maximum atomic E-state index is 9.53. The van der Waals surface area contributed by atoms with Gasteiger partial charge in [-0.15, -0.1) is 5.10 Å². The van der Waals surface area contributed by atoms with Gasteiger partial charge in [0, 0.05) is 30.0 Å². The van der Waals surface area contributed by atoms with Crippen LogP contribution in [0, 0.1) is 10.8 Å². The molecule has 0 spiro atoms. The average Bonchev–Trinajstić information content (AvgIpc) is 3.42. The van der Waals surface area contributed by atoms with E-state index >= 15 is 0 Å². The molecule has 2 saturated heterocycles. The molecule has 0 unspecified atom stereocenters. The maximum absolute atomic E-state index is 9.53. The average molecular weight is 430 g/mol. The van der Waals surface area contributed by atoms with Gasteiger partial charge in [-0.3, -0.25) is 0 Å². The van der Waals surface area contributed by atoms with Crippen molar-refractivity contribution in [2.24, 2.45) is 10.8 Å². The lowest BCUT2D eigenvalue weighted by atomic mass is 9.82. The number of ether oxygens (including phenoxy) is 3. The summed E-state index contributed by atoms with van der Waals surface area (Å²) >= 11 is 0. The Balaban J connectivity index is 1.31. The third-order valence-corrected chi connectivity index (χ3v) is 5.99. The fourth-order valence-electron chi connectivity index (χ4n) is 3.89. The second-order valence-electron chi connectivity index (χ2n) is 10.2. The minimum Gasteiger partial charge on any atom is -0.488 e. The lowest BCUT2D eigenvalue weighted by molar-refractivity contribution is -0.227. The molecule has 2 aromatic heterocycles. The molecule has 168 valence electrons. The summed E-state index contributed by atoms with van der Waals surface area (Å²) in [5, 5.41) is 18.1. The van der Waals surface area contributed by atoms with E-state index in [-0.39, 0.29) is 29.8 Å². The lowest BCUT2D eigenvalue weighted by Crippen LogP contribution is -2.56. The molecule has 0 radical (unpaired) electrons. The standard InChI is InChI=1S/C22H31N5O4/c1-21(2)13-29-19(30-14-21)9-27-8-17(24-25-27)20-18(31-16-4-5-16)6-15(7-23-20)26-10-22(3,11-26)12-28/h6-8,16,19,28H,4-5,9-14H2,1-3H3. The summed E-state index contributed by atoms with van der Waals surface area (Å²) in [6.07, 6.45) is 5.76.